The summed E-state index contributed by atoms with van der Waals surface area (Å²) in [7, 11) is 0. The molecule has 5 nitrogen and oxygen atoms in total. The van der Waals surface area contributed by atoms with Gasteiger partial charge in [0.05, 0.1) is 5.88 Å². The monoisotopic (exact) mass is 182 g/mol. The zero-order chi connectivity index (χ0) is 8.69. The van der Waals surface area contributed by atoms with Gasteiger partial charge in [0.25, 0.3) is 0 Å². The summed E-state index contributed by atoms with van der Waals surface area (Å²) in [6.07, 6.45) is -1.02. The maximum absolute atomic E-state index is 10.3. The Hall–Kier alpha value is -0.970. The topological polar surface area (TPSA) is 72.8 Å². The van der Waals surface area contributed by atoms with Gasteiger partial charge in [-0.15, -0.1) is 11.6 Å². The lowest BCUT2D eigenvalue weighted by atomic mass is 10.7. The van der Waals surface area contributed by atoms with Crippen LogP contribution in [0.4, 0.5) is 4.79 Å². The zero-order valence-electron chi connectivity index (χ0n) is 5.58. The number of rotatable bonds is 4. The van der Waals surface area contributed by atoms with E-state index in [1.165, 1.54) is 0 Å². The summed E-state index contributed by atoms with van der Waals surface area (Å²) in [5, 5.41) is 8.03. The van der Waals surface area contributed by atoms with Gasteiger partial charge >= 0.3 is 12.1 Å². The molecule has 0 bridgehead atoms. The third-order valence-corrected chi connectivity index (χ3v) is 0.765. The number of aliphatic carboxylic acids is 1. The van der Waals surface area contributed by atoms with Crippen molar-refractivity contribution >= 4 is 23.7 Å². The Morgan fingerprint density at radius 2 is 2.00 bits per heavy atom. The highest BCUT2D eigenvalue weighted by molar-refractivity contribution is 6.18. The molecule has 0 radical (unpaired) electrons. The van der Waals surface area contributed by atoms with Crippen LogP contribution < -0.4 is 0 Å². The fourth-order valence-electron chi connectivity index (χ4n) is 0.284. The lowest BCUT2D eigenvalue weighted by molar-refractivity contribution is -0.141. The minimum Gasteiger partial charge on any atom is -0.479 e. The van der Waals surface area contributed by atoms with Gasteiger partial charge in [-0.05, 0) is 0 Å². The lowest BCUT2D eigenvalue weighted by Gasteiger charge is -2.00. The summed E-state index contributed by atoms with van der Waals surface area (Å²) in [6.45, 7) is -0.679. The molecule has 64 valence electrons. The van der Waals surface area contributed by atoms with Crippen LogP contribution in [0.3, 0.4) is 0 Å². The van der Waals surface area contributed by atoms with E-state index in [9.17, 15) is 9.59 Å². The Balaban J connectivity index is 3.30. The molecule has 0 spiro atoms. The summed E-state index contributed by atoms with van der Waals surface area (Å²) in [4.78, 5) is 20.2. The predicted molar refractivity (Wildman–Crippen MR) is 35.7 cm³/mol. The normalized spacial score (nSPS) is 8.82. The minimum absolute atomic E-state index is 0.0139. The number of hydrogen-bond acceptors (Lipinski definition) is 4. The fourth-order valence-corrected chi connectivity index (χ4v) is 0.361. The Labute approximate surface area is 67.8 Å². The minimum atomic E-state index is -1.23. The first-order valence-electron chi connectivity index (χ1n) is 2.74. The van der Waals surface area contributed by atoms with Crippen LogP contribution in [0.1, 0.15) is 0 Å². The molecule has 0 aliphatic rings. The molecule has 0 aromatic carbocycles. The van der Waals surface area contributed by atoms with Gasteiger partial charge in [-0.25, -0.2) is 9.59 Å². The van der Waals surface area contributed by atoms with Crippen LogP contribution in [0.15, 0.2) is 0 Å². The average molecular weight is 183 g/mol. The van der Waals surface area contributed by atoms with E-state index < -0.39 is 18.7 Å². The SMILES string of the molecule is O=C(O)COC(=O)OCCCl. The van der Waals surface area contributed by atoms with E-state index in [1.807, 2.05) is 0 Å². The molecule has 0 aliphatic heterocycles. The molecule has 0 aromatic heterocycles. The van der Waals surface area contributed by atoms with Crippen molar-refractivity contribution in [1.29, 1.82) is 0 Å². The number of carboxylic acid groups (broad SMARTS) is 1. The Morgan fingerprint density at radius 1 is 1.36 bits per heavy atom. The van der Waals surface area contributed by atoms with Crippen LogP contribution in [0.5, 0.6) is 0 Å². The number of alkyl halides is 1. The molecule has 0 atom stereocenters. The van der Waals surface area contributed by atoms with Gasteiger partial charge in [-0.3, -0.25) is 0 Å². The van der Waals surface area contributed by atoms with Gasteiger partial charge in [0.2, 0.25) is 0 Å². The van der Waals surface area contributed by atoms with Crippen molar-refractivity contribution in [3.63, 3.8) is 0 Å². The van der Waals surface area contributed by atoms with Gasteiger partial charge in [-0.1, -0.05) is 0 Å². The van der Waals surface area contributed by atoms with E-state index in [-0.39, 0.29) is 12.5 Å². The first kappa shape index (κ1) is 10.0. The molecule has 6 heteroatoms. The highest BCUT2D eigenvalue weighted by Crippen LogP contribution is 1.86. The molecule has 0 fully saturated rings. The van der Waals surface area contributed by atoms with Crippen LogP contribution in [0.2, 0.25) is 0 Å². The molecule has 0 saturated heterocycles. The molecular formula is C5H7ClO5. The highest BCUT2D eigenvalue weighted by Gasteiger charge is 2.05. The standard InChI is InChI=1S/C5H7ClO5/c6-1-2-10-5(9)11-3-4(7)8/h1-3H2,(H,7,8). The van der Waals surface area contributed by atoms with Gasteiger partial charge in [0.15, 0.2) is 6.61 Å². The molecular weight excluding hydrogens is 176 g/mol. The average Bonchev–Trinajstić information content (AvgIpc) is 1.97. The van der Waals surface area contributed by atoms with Gasteiger partial charge in [-0.2, -0.15) is 0 Å². The maximum atomic E-state index is 10.3. The second-order valence-electron chi connectivity index (χ2n) is 1.47. The highest BCUT2D eigenvalue weighted by atomic mass is 35.5. The first-order chi connectivity index (χ1) is 5.16. The first-order valence-corrected chi connectivity index (χ1v) is 3.27. The molecule has 0 amide bonds. The van der Waals surface area contributed by atoms with Crippen LogP contribution in [-0.4, -0.2) is 36.3 Å². The van der Waals surface area contributed by atoms with Gasteiger partial charge in [0, 0.05) is 0 Å². The van der Waals surface area contributed by atoms with Crippen molar-refractivity contribution in [2.45, 2.75) is 0 Å². The van der Waals surface area contributed by atoms with E-state index in [0.717, 1.165) is 0 Å². The number of carbonyl (C=O) groups is 2. The van der Waals surface area contributed by atoms with Crippen molar-refractivity contribution in [2.75, 3.05) is 19.1 Å². The van der Waals surface area contributed by atoms with E-state index in [0.29, 0.717) is 0 Å². The van der Waals surface area contributed by atoms with Crippen molar-refractivity contribution in [2.24, 2.45) is 0 Å². The summed E-state index contributed by atoms with van der Waals surface area (Å²) in [6, 6.07) is 0. The van der Waals surface area contributed by atoms with E-state index in [4.69, 9.17) is 16.7 Å². The molecule has 0 saturated carbocycles. The molecule has 0 heterocycles. The van der Waals surface area contributed by atoms with Crippen molar-refractivity contribution in [1.82, 2.24) is 0 Å². The largest absolute Gasteiger partial charge is 0.508 e. The molecule has 0 unspecified atom stereocenters. The summed E-state index contributed by atoms with van der Waals surface area (Å²) < 4.78 is 8.37. The van der Waals surface area contributed by atoms with E-state index in [1.54, 1.807) is 0 Å². The number of hydrogen-bond donors (Lipinski definition) is 1. The van der Waals surface area contributed by atoms with Crippen molar-refractivity contribution < 1.29 is 24.2 Å². The van der Waals surface area contributed by atoms with E-state index in [2.05, 4.69) is 9.47 Å². The van der Waals surface area contributed by atoms with Gasteiger partial charge < -0.3 is 14.6 Å². The summed E-state index contributed by atoms with van der Waals surface area (Å²) in [5.74, 6) is -1.07. The fraction of sp³-hybridized carbons (Fsp3) is 0.600. The number of ether oxygens (including phenoxy) is 2. The smallest absolute Gasteiger partial charge is 0.479 e. The van der Waals surface area contributed by atoms with Crippen LogP contribution in [0, 0.1) is 0 Å². The molecule has 1 N–H and O–H groups in total. The molecule has 0 rings (SSSR count). The summed E-state index contributed by atoms with van der Waals surface area (Å²) >= 11 is 5.16. The summed E-state index contributed by atoms with van der Waals surface area (Å²) in [5.41, 5.74) is 0. The third kappa shape index (κ3) is 6.92. The predicted octanol–water partition coefficient (Wildman–Crippen LogP) is 0.463. The Morgan fingerprint density at radius 3 is 2.45 bits per heavy atom. The van der Waals surface area contributed by atoms with Gasteiger partial charge in [0.1, 0.15) is 6.61 Å². The van der Waals surface area contributed by atoms with Crippen molar-refractivity contribution in [3.05, 3.63) is 0 Å². The molecule has 0 aliphatic carbocycles. The second-order valence-corrected chi connectivity index (χ2v) is 1.85. The van der Waals surface area contributed by atoms with E-state index >= 15 is 0 Å². The van der Waals surface area contributed by atoms with Crippen LogP contribution >= 0.6 is 11.6 Å². The zero-order valence-corrected chi connectivity index (χ0v) is 6.34. The quantitative estimate of drug-likeness (QED) is 0.505. The second kappa shape index (κ2) is 5.79. The number of halogens is 1. The number of carboxylic acids is 1. The molecule has 11 heavy (non-hydrogen) atoms. The number of carbonyl (C=O) groups excluding carboxylic acids is 1. The third-order valence-electron chi connectivity index (χ3n) is 0.611. The van der Waals surface area contributed by atoms with Crippen LogP contribution in [0.25, 0.3) is 0 Å². The Bertz CT molecular complexity index is 146. The molecule has 0 aromatic rings. The maximum Gasteiger partial charge on any atom is 0.508 e. The van der Waals surface area contributed by atoms with Crippen LogP contribution in [-0.2, 0) is 14.3 Å². The Kier molecular flexibility index (Phi) is 5.28. The lowest BCUT2D eigenvalue weighted by Crippen LogP contribution is -2.14. The van der Waals surface area contributed by atoms with Crippen molar-refractivity contribution in [3.8, 4) is 0 Å².